The summed E-state index contributed by atoms with van der Waals surface area (Å²) in [6.45, 7) is 1.74. The number of aryl methyl sites for hydroxylation is 2. The summed E-state index contributed by atoms with van der Waals surface area (Å²) < 4.78 is 7.58. The number of halogens is 1. The summed E-state index contributed by atoms with van der Waals surface area (Å²) in [5, 5.41) is 9.20. The van der Waals surface area contributed by atoms with Gasteiger partial charge in [-0.2, -0.15) is 0 Å². The van der Waals surface area contributed by atoms with Crippen LogP contribution in [-0.2, 0) is 7.05 Å². The topological polar surface area (TPSA) is 69.6 Å². The fraction of sp³-hybridized carbons (Fsp3) is 0.125. The molecule has 4 aromatic rings. The van der Waals surface area contributed by atoms with Crippen molar-refractivity contribution in [3.05, 3.63) is 47.8 Å². The van der Waals surface area contributed by atoms with E-state index in [0.29, 0.717) is 23.0 Å². The smallest absolute Gasteiger partial charge is 0.251 e. The molecule has 0 radical (unpaired) electrons. The van der Waals surface area contributed by atoms with Gasteiger partial charge in [0.25, 0.3) is 5.89 Å². The first kappa shape index (κ1) is 13.9. The number of rotatable bonds is 2. The lowest BCUT2D eigenvalue weighted by Gasteiger charge is -2.04. The molecule has 1 aromatic carbocycles. The van der Waals surface area contributed by atoms with Gasteiger partial charge >= 0.3 is 0 Å². The molecule has 6 nitrogen and oxygen atoms in total. The molecule has 0 bridgehead atoms. The molecule has 0 saturated carbocycles. The van der Waals surface area contributed by atoms with Crippen LogP contribution in [0.4, 0.5) is 0 Å². The monoisotopic (exact) mass is 325 g/mol. The van der Waals surface area contributed by atoms with Gasteiger partial charge < -0.3 is 8.98 Å². The molecular formula is C16H12ClN5O. The van der Waals surface area contributed by atoms with Crippen LogP contribution in [0.15, 0.2) is 41.1 Å². The molecule has 0 aliphatic rings. The molecule has 0 amide bonds. The molecule has 0 aliphatic carbocycles. The summed E-state index contributed by atoms with van der Waals surface area (Å²) in [5.41, 5.74) is 3.37. The Kier molecular flexibility index (Phi) is 3.12. The highest BCUT2D eigenvalue weighted by atomic mass is 35.5. The normalized spacial score (nSPS) is 11.3. The Bertz CT molecular complexity index is 1020. The minimum Gasteiger partial charge on any atom is -0.421 e. The second-order valence-corrected chi connectivity index (χ2v) is 5.54. The van der Waals surface area contributed by atoms with Crippen LogP contribution in [0.25, 0.3) is 33.6 Å². The van der Waals surface area contributed by atoms with Crippen LogP contribution in [0.3, 0.4) is 0 Å². The molecule has 114 valence electrons. The van der Waals surface area contributed by atoms with E-state index in [0.717, 1.165) is 16.5 Å². The molecular weight excluding hydrogens is 314 g/mol. The molecule has 0 N–H and O–H groups in total. The van der Waals surface area contributed by atoms with Crippen molar-refractivity contribution < 1.29 is 4.42 Å². The molecule has 0 atom stereocenters. The summed E-state index contributed by atoms with van der Waals surface area (Å²) >= 11 is 6.02. The predicted molar refractivity (Wildman–Crippen MR) is 87.0 cm³/mol. The standard InChI is InChI=1S/C16H12ClN5O/c1-9-20-21-15(23-9)11-7-18-16(17)19-14(11)12-8-22(2)13-6-4-3-5-10(12)13/h3-8H,1-2H3. The zero-order valence-corrected chi connectivity index (χ0v) is 13.2. The van der Waals surface area contributed by atoms with Gasteiger partial charge in [0.15, 0.2) is 0 Å². The van der Waals surface area contributed by atoms with Gasteiger partial charge in [0.05, 0.1) is 11.3 Å². The van der Waals surface area contributed by atoms with E-state index >= 15 is 0 Å². The Hall–Kier alpha value is -2.73. The quantitative estimate of drug-likeness (QED) is 0.526. The van der Waals surface area contributed by atoms with Gasteiger partial charge in [-0.3, -0.25) is 0 Å². The van der Waals surface area contributed by atoms with Crippen LogP contribution >= 0.6 is 11.6 Å². The lowest BCUT2D eigenvalue weighted by molar-refractivity contribution is 0.532. The van der Waals surface area contributed by atoms with Gasteiger partial charge in [-0.1, -0.05) is 18.2 Å². The molecule has 23 heavy (non-hydrogen) atoms. The highest BCUT2D eigenvalue weighted by molar-refractivity contribution is 6.28. The fourth-order valence-electron chi connectivity index (χ4n) is 2.66. The highest BCUT2D eigenvalue weighted by Gasteiger charge is 2.19. The third-order valence-corrected chi connectivity index (χ3v) is 3.85. The largest absolute Gasteiger partial charge is 0.421 e. The van der Waals surface area contributed by atoms with Crippen molar-refractivity contribution in [3.63, 3.8) is 0 Å². The number of nitrogens with zero attached hydrogens (tertiary/aromatic N) is 5. The maximum Gasteiger partial charge on any atom is 0.251 e. The van der Waals surface area contributed by atoms with Crippen LogP contribution < -0.4 is 0 Å². The SMILES string of the molecule is Cc1nnc(-c2cnc(Cl)nc2-c2cn(C)c3ccccc23)o1. The van der Waals surface area contributed by atoms with Gasteiger partial charge in [0, 0.05) is 42.8 Å². The van der Waals surface area contributed by atoms with Crippen LogP contribution in [0.5, 0.6) is 0 Å². The van der Waals surface area contributed by atoms with Crippen LogP contribution in [0.1, 0.15) is 5.89 Å². The molecule has 3 aromatic heterocycles. The number of hydrogen-bond acceptors (Lipinski definition) is 5. The number of fused-ring (bicyclic) bond motifs is 1. The average molecular weight is 326 g/mol. The summed E-state index contributed by atoms with van der Waals surface area (Å²) in [6, 6.07) is 8.09. The van der Waals surface area contributed by atoms with Crippen molar-refractivity contribution in [1.82, 2.24) is 24.7 Å². The van der Waals surface area contributed by atoms with E-state index in [1.807, 2.05) is 36.0 Å². The lowest BCUT2D eigenvalue weighted by atomic mass is 10.1. The van der Waals surface area contributed by atoms with Gasteiger partial charge in [-0.15, -0.1) is 10.2 Å². The summed E-state index contributed by atoms with van der Waals surface area (Å²) in [4.78, 5) is 8.46. The molecule has 4 rings (SSSR count). The summed E-state index contributed by atoms with van der Waals surface area (Å²) in [6.07, 6.45) is 3.62. The molecule has 0 fully saturated rings. The second-order valence-electron chi connectivity index (χ2n) is 5.20. The molecule has 0 saturated heterocycles. The number of para-hydroxylation sites is 1. The van der Waals surface area contributed by atoms with E-state index in [1.165, 1.54) is 0 Å². The van der Waals surface area contributed by atoms with E-state index in [1.54, 1.807) is 13.1 Å². The van der Waals surface area contributed by atoms with Crippen LogP contribution in [0.2, 0.25) is 5.28 Å². The first-order chi connectivity index (χ1) is 11.1. The fourth-order valence-corrected chi connectivity index (χ4v) is 2.79. The number of hydrogen-bond donors (Lipinski definition) is 0. The Balaban J connectivity index is 2.03. The zero-order valence-electron chi connectivity index (χ0n) is 12.5. The molecule has 7 heteroatoms. The van der Waals surface area contributed by atoms with Crippen LogP contribution in [-0.4, -0.2) is 24.7 Å². The maximum absolute atomic E-state index is 6.02. The van der Waals surface area contributed by atoms with Gasteiger partial charge in [-0.05, 0) is 17.7 Å². The van der Waals surface area contributed by atoms with Crippen molar-refractivity contribution in [2.45, 2.75) is 6.92 Å². The summed E-state index contributed by atoms with van der Waals surface area (Å²) in [7, 11) is 1.99. The van der Waals surface area contributed by atoms with Gasteiger partial charge in [-0.25, -0.2) is 9.97 Å². The molecule has 0 spiro atoms. The first-order valence-corrected chi connectivity index (χ1v) is 7.39. The third kappa shape index (κ3) is 2.27. The molecule has 0 unspecified atom stereocenters. The maximum atomic E-state index is 6.02. The highest BCUT2D eigenvalue weighted by Crippen LogP contribution is 2.35. The second kappa shape index (κ2) is 5.17. The van der Waals surface area contributed by atoms with Crippen molar-refractivity contribution in [3.8, 4) is 22.7 Å². The van der Waals surface area contributed by atoms with E-state index < -0.39 is 0 Å². The van der Waals surface area contributed by atoms with Crippen LogP contribution in [0, 0.1) is 6.92 Å². The van der Waals surface area contributed by atoms with Crippen molar-refractivity contribution in [1.29, 1.82) is 0 Å². The third-order valence-electron chi connectivity index (χ3n) is 3.67. The van der Waals surface area contributed by atoms with Crippen molar-refractivity contribution in [2.24, 2.45) is 7.05 Å². The van der Waals surface area contributed by atoms with E-state index in [2.05, 4.69) is 26.2 Å². The minimum absolute atomic E-state index is 0.174. The van der Waals surface area contributed by atoms with E-state index in [4.69, 9.17) is 16.0 Å². The van der Waals surface area contributed by atoms with Crippen molar-refractivity contribution in [2.75, 3.05) is 0 Å². The van der Waals surface area contributed by atoms with E-state index in [-0.39, 0.29) is 5.28 Å². The van der Waals surface area contributed by atoms with E-state index in [9.17, 15) is 0 Å². The lowest BCUT2D eigenvalue weighted by Crippen LogP contribution is -1.92. The van der Waals surface area contributed by atoms with Gasteiger partial charge in [0.2, 0.25) is 11.2 Å². The Morgan fingerprint density at radius 3 is 2.74 bits per heavy atom. The van der Waals surface area contributed by atoms with Gasteiger partial charge in [0.1, 0.15) is 0 Å². The Labute approximate surface area is 136 Å². The number of benzene rings is 1. The zero-order chi connectivity index (χ0) is 16.0. The Morgan fingerprint density at radius 2 is 1.96 bits per heavy atom. The number of aromatic nitrogens is 5. The predicted octanol–water partition coefficient (Wildman–Crippen LogP) is 3.65. The first-order valence-electron chi connectivity index (χ1n) is 7.01. The molecule has 0 aliphatic heterocycles. The molecule has 3 heterocycles. The Morgan fingerprint density at radius 1 is 1.13 bits per heavy atom. The summed E-state index contributed by atoms with van der Waals surface area (Å²) in [5.74, 6) is 0.862. The average Bonchev–Trinajstić information content (AvgIpc) is 3.12. The van der Waals surface area contributed by atoms with Crippen molar-refractivity contribution >= 4 is 22.5 Å². The minimum atomic E-state index is 0.174.